The third-order valence-corrected chi connectivity index (χ3v) is 7.95. The van der Waals surface area contributed by atoms with Gasteiger partial charge in [0.1, 0.15) is 18.1 Å². The first-order valence-electron chi connectivity index (χ1n) is 12.6. The fraction of sp³-hybridized carbons (Fsp3) is 0.692. The number of rotatable bonds is 7. The van der Waals surface area contributed by atoms with E-state index in [1.807, 2.05) is 27.0 Å². The van der Waals surface area contributed by atoms with Crippen LogP contribution in [0.4, 0.5) is 10.6 Å². The maximum atomic E-state index is 12.4. The lowest BCUT2D eigenvalue weighted by atomic mass is 10.00. The maximum absolute atomic E-state index is 12.4. The first kappa shape index (κ1) is 26.5. The summed E-state index contributed by atoms with van der Waals surface area (Å²) in [4.78, 5) is 21.4. The van der Waals surface area contributed by atoms with Gasteiger partial charge in [0.15, 0.2) is 0 Å². The van der Waals surface area contributed by atoms with Crippen molar-refractivity contribution in [3.05, 3.63) is 23.5 Å². The molecule has 0 N–H and O–H groups in total. The van der Waals surface area contributed by atoms with Crippen LogP contribution in [0.5, 0.6) is 0 Å². The smallest absolute Gasteiger partial charge is 0.410 e. The Balaban J connectivity index is 1.77. The van der Waals surface area contributed by atoms with Crippen molar-refractivity contribution in [3.8, 4) is 0 Å². The van der Waals surface area contributed by atoms with E-state index in [0.29, 0.717) is 25.7 Å². The number of carbonyl (C=O) groups is 1. The Bertz CT molecular complexity index is 996. The van der Waals surface area contributed by atoms with Gasteiger partial charge in [0, 0.05) is 58.0 Å². The molecule has 190 valence electrons. The van der Waals surface area contributed by atoms with Gasteiger partial charge in [-0.25, -0.2) is 9.78 Å². The molecule has 0 bridgehead atoms. The Morgan fingerprint density at radius 2 is 1.79 bits per heavy atom. The molecule has 0 spiro atoms. The minimum absolute atomic E-state index is 0.236. The summed E-state index contributed by atoms with van der Waals surface area (Å²) in [5.74, 6) is 1.42. The van der Waals surface area contributed by atoms with E-state index >= 15 is 0 Å². The Kier molecular flexibility index (Phi) is 8.02. The molecule has 3 heterocycles. The molecule has 34 heavy (non-hydrogen) atoms. The molecule has 0 atom stereocenters. The Labute approximate surface area is 206 Å². The summed E-state index contributed by atoms with van der Waals surface area (Å²) in [6.07, 6.45) is 3.99. The fourth-order valence-electron chi connectivity index (χ4n) is 4.30. The van der Waals surface area contributed by atoms with Crippen LogP contribution in [0.1, 0.15) is 51.7 Å². The summed E-state index contributed by atoms with van der Waals surface area (Å²) in [5, 5.41) is 1.28. The van der Waals surface area contributed by atoms with E-state index in [9.17, 15) is 4.79 Å². The van der Waals surface area contributed by atoms with Crippen molar-refractivity contribution in [1.82, 2.24) is 14.5 Å². The van der Waals surface area contributed by atoms with Gasteiger partial charge in [-0.15, -0.1) is 0 Å². The Morgan fingerprint density at radius 3 is 2.35 bits per heavy atom. The summed E-state index contributed by atoms with van der Waals surface area (Å²) in [6.45, 7) is 23.6. The summed E-state index contributed by atoms with van der Waals surface area (Å²) in [7, 11) is -1.11. The minimum Gasteiger partial charge on any atom is -0.444 e. The van der Waals surface area contributed by atoms with Crippen molar-refractivity contribution in [2.75, 3.05) is 37.7 Å². The summed E-state index contributed by atoms with van der Waals surface area (Å²) in [6, 6.07) is 1.17. The molecule has 1 saturated heterocycles. The maximum Gasteiger partial charge on any atom is 0.410 e. The molecule has 0 unspecified atom stereocenters. The van der Waals surface area contributed by atoms with Gasteiger partial charge in [-0.3, -0.25) is 0 Å². The van der Waals surface area contributed by atoms with Gasteiger partial charge in [-0.2, -0.15) is 0 Å². The van der Waals surface area contributed by atoms with Crippen LogP contribution in [0.2, 0.25) is 25.7 Å². The molecule has 3 rings (SSSR count). The number of piperazine rings is 1. The molecule has 0 aliphatic carbocycles. The van der Waals surface area contributed by atoms with Crippen LogP contribution in [0.25, 0.3) is 10.9 Å². The highest BCUT2D eigenvalue weighted by molar-refractivity contribution is 6.76. The zero-order chi connectivity index (χ0) is 25.3. The first-order chi connectivity index (χ1) is 15.8. The number of ether oxygens (including phenoxy) is 2. The SMILES string of the molecule is Cc1c(N2CCN(C(=O)OC(C)(C)C)CC2)ncc2c1c(C(C)C)cn2COCC[Si](C)(C)C. The van der Waals surface area contributed by atoms with Gasteiger partial charge in [0.05, 0.1) is 11.7 Å². The number of aryl methyl sites for hydroxylation is 1. The van der Waals surface area contributed by atoms with Crippen LogP contribution in [0.3, 0.4) is 0 Å². The molecule has 0 radical (unpaired) electrons. The molecule has 8 heteroatoms. The fourth-order valence-corrected chi connectivity index (χ4v) is 5.06. The lowest BCUT2D eigenvalue weighted by molar-refractivity contribution is 0.0240. The average Bonchev–Trinajstić information content (AvgIpc) is 3.10. The second-order valence-electron chi connectivity index (χ2n) is 12.0. The molecule has 1 amide bonds. The Morgan fingerprint density at radius 1 is 1.15 bits per heavy atom. The van der Waals surface area contributed by atoms with Gasteiger partial charge in [-0.1, -0.05) is 33.5 Å². The number of anilines is 1. The molecule has 2 aromatic heterocycles. The van der Waals surface area contributed by atoms with Crippen LogP contribution in [0, 0.1) is 6.92 Å². The van der Waals surface area contributed by atoms with Gasteiger partial charge < -0.3 is 23.8 Å². The quantitative estimate of drug-likeness (QED) is 0.362. The molecular formula is C26H44N4O3Si. The van der Waals surface area contributed by atoms with Crippen LogP contribution >= 0.6 is 0 Å². The average molecular weight is 489 g/mol. The van der Waals surface area contributed by atoms with E-state index in [1.54, 1.807) is 4.90 Å². The number of pyridine rings is 1. The Hall–Kier alpha value is -2.06. The second kappa shape index (κ2) is 10.3. The van der Waals surface area contributed by atoms with Gasteiger partial charge >= 0.3 is 6.09 Å². The lowest BCUT2D eigenvalue weighted by Gasteiger charge is -2.36. The number of nitrogens with zero attached hydrogens (tertiary/aromatic N) is 4. The highest BCUT2D eigenvalue weighted by atomic mass is 28.3. The molecule has 2 aromatic rings. The summed E-state index contributed by atoms with van der Waals surface area (Å²) < 4.78 is 13.8. The van der Waals surface area contributed by atoms with Gasteiger partial charge in [-0.05, 0) is 45.2 Å². The van der Waals surface area contributed by atoms with Gasteiger partial charge in [0.2, 0.25) is 0 Å². The zero-order valence-corrected chi connectivity index (χ0v) is 23.7. The van der Waals surface area contributed by atoms with Crippen LogP contribution in [-0.2, 0) is 16.2 Å². The molecule has 7 nitrogen and oxygen atoms in total. The van der Waals surface area contributed by atoms with E-state index in [-0.39, 0.29) is 6.09 Å². The van der Waals surface area contributed by atoms with E-state index in [4.69, 9.17) is 14.5 Å². The predicted molar refractivity (Wildman–Crippen MR) is 143 cm³/mol. The number of aromatic nitrogens is 2. The van der Waals surface area contributed by atoms with Crippen molar-refractivity contribution in [3.63, 3.8) is 0 Å². The van der Waals surface area contributed by atoms with Crippen molar-refractivity contribution in [1.29, 1.82) is 0 Å². The molecule has 0 saturated carbocycles. The summed E-state index contributed by atoms with van der Waals surface area (Å²) in [5.41, 5.74) is 3.19. The molecule has 1 aliphatic heterocycles. The monoisotopic (exact) mass is 488 g/mol. The largest absolute Gasteiger partial charge is 0.444 e. The highest BCUT2D eigenvalue weighted by Gasteiger charge is 2.28. The molecule has 0 aromatic carbocycles. The van der Waals surface area contributed by atoms with E-state index < -0.39 is 13.7 Å². The van der Waals surface area contributed by atoms with Crippen LogP contribution in [0.15, 0.2) is 12.4 Å². The van der Waals surface area contributed by atoms with Crippen molar-refractivity contribution >= 4 is 30.9 Å². The van der Waals surface area contributed by atoms with Gasteiger partial charge in [0.25, 0.3) is 0 Å². The standard InChI is InChI=1S/C26H44N4O3Si/c1-19(2)21-17-30(18-32-14-15-34(7,8)9)22-16-27-24(20(3)23(21)22)28-10-12-29(13-11-28)25(31)33-26(4,5)6/h16-17,19H,10-15,18H2,1-9H3. The van der Waals surface area contributed by atoms with Crippen LogP contribution < -0.4 is 4.90 Å². The molecule has 1 aliphatic rings. The van der Waals surface area contributed by atoms with Crippen molar-refractivity contribution in [2.45, 2.75) is 85.5 Å². The number of hydrogen-bond acceptors (Lipinski definition) is 5. The van der Waals surface area contributed by atoms with Crippen molar-refractivity contribution < 1.29 is 14.3 Å². The van der Waals surface area contributed by atoms with Crippen molar-refractivity contribution in [2.24, 2.45) is 0 Å². The van der Waals surface area contributed by atoms with E-state index in [2.05, 4.69) is 56.1 Å². The normalized spacial score (nSPS) is 15.5. The van der Waals surface area contributed by atoms with E-state index in [1.165, 1.54) is 22.6 Å². The van der Waals surface area contributed by atoms with E-state index in [0.717, 1.165) is 31.0 Å². The topological polar surface area (TPSA) is 59.8 Å². The molecular weight excluding hydrogens is 444 g/mol. The van der Waals surface area contributed by atoms with Crippen LogP contribution in [-0.4, -0.2) is 67.0 Å². The summed E-state index contributed by atoms with van der Waals surface area (Å²) >= 11 is 0. The first-order valence-corrected chi connectivity index (χ1v) is 16.3. The zero-order valence-electron chi connectivity index (χ0n) is 22.7. The second-order valence-corrected chi connectivity index (χ2v) is 17.6. The lowest BCUT2D eigenvalue weighted by Crippen LogP contribution is -2.50. The minimum atomic E-state index is -1.11. The highest BCUT2D eigenvalue weighted by Crippen LogP contribution is 2.34. The predicted octanol–water partition coefficient (Wildman–Crippen LogP) is 5.84. The number of fused-ring (bicyclic) bond motifs is 1. The molecule has 1 fully saturated rings. The third-order valence-electron chi connectivity index (χ3n) is 6.25. The number of hydrogen-bond donors (Lipinski definition) is 0. The number of amides is 1. The number of carbonyl (C=O) groups excluding carboxylic acids is 1. The third kappa shape index (κ3) is 6.53.